The van der Waals surface area contributed by atoms with Crippen LogP contribution in [0, 0.1) is 22.9 Å². The molecule has 3 heterocycles. The molecule has 0 atom stereocenters. The minimum atomic E-state index is -0.923. The Morgan fingerprint density at radius 3 is 2.41 bits per heavy atom. The maximum absolute atomic E-state index is 14.4. The first kappa shape index (κ1) is 25.7. The van der Waals surface area contributed by atoms with E-state index in [0.29, 0.717) is 42.9 Å². The molecule has 1 aliphatic heterocycles. The van der Waals surface area contributed by atoms with Gasteiger partial charge in [-0.05, 0) is 62.2 Å². The number of nitro groups is 1. The first-order valence-electron chi connectivity index (χ1n) is 12.4. The highest BCUT2D eigenvalue weighted by Crippen LogP contribution is 2.31. The second-order valence-corrected chi connectivity index (χ2v) is 9.34. The Hall–Kier alpha value is -4.93. The minimum absolute atomic E-state index is 0.0694. The van der Waals surface area contributed by atoms with Crippen molar-refractivity contribution in [1.82, 2.24) is 19.4 Å². The van der Waals surface area contributed by atoms with Crippen molar-refractivity contribution in [3.05, 3.63) is 112 Å². The minimum Gasteiger partial charge on any atom is -0.339 e. The molecule has 0 unspecified atom stereocenters. The van der Waals surface area contributed by atoms with E-state index in [0.717, 1.165) is 29.6 Å². The van der Waals surface area contributed by atoms with E-state index in [4.69, 9.17) is 0 Å². The van der Waals surface area contributed by atoms with E-state index in [1.165, 1.54) is 4.90 Å². The van der Waals surface area contributed by atoms with E-state index in [9.17, 15) is 24.1 Å². The van der Waals surface area contributed by atoms with Crippen LogP contribution in [0.1, 0.15) is 50.9 Å². The summed E-state index contributed by atoms with van der Waals surface area (Å²) in [5, 5.41) is 13.8. The molecule has 0 saturated carbocycles. The summed E-state index contributed by atoms with van der Waals surface area (Å²) < 4.78 is 16.3. The number of nitrogens with zero attached hydrogens (tertiary/aromatic N) is 5. The van der Waals surface area contributed by atoms with Crippen molar-refractivity contribution < 1.29 is 18.9 Å². The van der Waals surface area contributed by atoms with E-state index in [1.807, 2.05) is 42.0 Å². The van der Waals surface area contributed by atoms with Crippen molar-refractivity contribution in [2.45, 2.75) is 25.7 Å². The molecule has 2 aromatic carbocycles. The molecule has 0 aliphatic carbocycles. The predicted octanol–water partition coefficient (Wildman–Crippen LogP) is 4.90. The van der Waals surface area contributed by atoms with Gasteiger partial charge in [0.25, 0.3) is 17.5 Å². The number of carbonyl (C=O) groups is 2. The molecule has 1 N–H and O–H groups in total. The summed E-state index contributed by atoms with van der Waals surface area (Å²) in [5.41, 5.74) is 2.85. The molecule has 5 rings (SSSR count). The first-order valence-corrected chi connectivity index (χ1v) is 12.4. The van der Waals surface area contributed by atoms with Gasteiger partial charge in [-0.2, -0.15) is 0 Å². The van der Waals surface area contributed by atoms with E-state index in [-0.39, 0.29) is 17.4 Å². The summed E-state index contributed by atoms with van der Waals surface area (Å²) in [5.74, 6) is -1.79. The molecule has 1 saturated heterocycles. The number of non-ortho nitro benzene ring substituents is 1. The summed E-state index contributed by atoms with van der Waals surface area (Å²) >= 11 is 0. The largest absolute Gasteiger partial charge is 0.339 e. The number of amides is 2. The van der Waals surface area contributed by atoms with Gasteiger partial charge in [0, 0.05) is 54.5 Å². The fourth-order valence-electron chi connectivity index (χ4n) is 4.72. The van der Waals surface area contributed by atoms with Crippen molar-refractivity contribution in [1.29, 1.82) is 0 Å². The maximum atomic E-state index is 14.4. The van der Waals surface area contributed by atoms with Crippen LogP contribution in [-0.4, -0.2) is 49.3 Å². The predicted molar refractivity (Wildman–Crippen MR) is 141 cm³/mol. The number of nitrogens with one attached hydrogen (secondary N) is 1. The highest BCUT2D eigenvalue weighted by molar-refractivity contribution is 6.05. The van der Waals surface area contributed by atoms with Gasteiger partial charge in [-0.3, -0.25) is 24.7 Å². The normalized spacial score (nSPS) is 13.7. The number of rotatable bonds is 6. The Balaban J connectivity index is 1.27. The first-order chi connectivity index (χ1) is 18.8. The Kier molecular flexibility index (Phi) is 7.13. The lowest BCUT2D eigenvalue weighted by Gasteiger charge is -2.32. The van der Waals surface area contributed by atoms with Crippen LogP contribution in [0.3, 0.4) is 0 Å². The molecule has 39 heavy (non-hydrogen) atoms. The van der Waals surface area contributed by atoms with Gasteiger partial charge in [0.2, 0.25) is 0 Å². The Morgan fingerprint density at radius 1 is 1.05 bits per heavy atom. The zero-order valence-corrected chi connectivity index (χ0v) is 21.1. The van der Waals surface area contributed by atoms with Crippen molar-refractivity contribution in [3.63, 3.8) is 0 Å². The lowest BCUT2D eigenvalue weighted by atomic mass is 9.89. The highest BCUT2D eigenvalue weighted by atomic mass is 19.1. The molecule has 1 fully saturated rings. The summed E-state index contributed by atoms with van der Waals surface area (Å²) in [7, 11) is 0. The van der Waals surface area contributed by atoms with Gasteiger partial charge in [0.15, 0.2) is 0 Å². The molecule has 4 aromatic rings. The number of aromatic nitrogens is 3. The van der Waals surface area contributed by atoms with Crippen LogP contribution >= 0.6 is 0 Å². The van der Waals surface area contributed by atoms with Crippen LogP contribution in [0.15, 0.2) is 73.3 Å². The van der Waals surface area contributed by atoms with Crippen molar-refractivity contribution in [2.24, 2.45) is 0 Å². The number of halogens is 1. The third-order valence-electron chi connectivity index (χ3n) is 6.80. The number of benzene rings is 2. The summed E-state index contributed by atoms with van der Waals surface area (Å²) in [6.45, 7) is 2.54. The quantitative estimate of drug-likeness (QED) is 0.281. The molecule has 0 radical (unpaired) electrons. The van der Waals surface area contributed by atoms with E-state index in [2.05, 4.69) is 15.3 Å². The Labute approximate surface area is 223 Å². The number of nitro benzene ring substituents is 1. The molecule has 1 aliphatic rings. The van der Waals surface area contributed by atoms with E-state index < -0.39 is 22.3 Å². The SMILES string of the molecule is Cc1ccc(C(=O)Nc2ccc(-n3ccnc3)cc2)c(C2CCN(C(=O)c3ccc([N+](=O)[O-])cc3F)CC2)n1. The van der Waals surface area contributed by atoms with Gasteiger partial charge in [0.1, 0.15) is 5.82 Å². The standard InChI is InChI=1S/C28H25FN6O4/c1-18-2-8-24(27(36)32-20-3-5-21(6-4-20)34-15-12-30-17-34)26(31-18)19-10-13-33(14-11-19)28(37)23-9-7-22(35(38)39)16-25(23)29/h2-9,12,15-17,19H,10-11,13-14H2,1H3,(H,32,36). The van der Waals surface area contributed by atoms with Gasteiger partial charge in [-0.15, -0.1) is 0 Å². The van der Waals surface area contributed by atoms with E-state index >= 15 is 0 Å². The van der Waals surface area contributed by atoms with Crippen molar-refractivity contribution in [3.8, 4) is 5.69 Å². The van der Waals surface area contributed by atoms with Crippen LogP contribution in [-0.2, 0) is 0 Å². The van der Waals surface area contributed by atoms with Crippen molar-refractivity contribution >= 4 is 23.2 Å². The molecule has 0 spiro atoms. The number of hydrogen-bond acceptors (Lipinski definition) is 6. The molecular weight excluding hydrogens is 503 g/mol. The third-order valence-corrected chi connectivity index (χ3v) is 6.80. The highest BCUT2D eigenvalue weighted by Gasteiger charge is 2.30. The molecule has 198 valence electrons. The summed E-state index contributed by atoms with van der Waals surface area (Å²) in [6, 6.07) is 14.0. The molecule has 2 aromatic heterocycles. The van der Waals surface area contributed by atoms with Crippen LogP contribution in [0.4, 0.5) is 15.8 Å². The monoisotopic (exact) mass is 528 g/mol. The zero-order chi connectivity index (χ0) is 27.5. The number of aryl methyl sites for hydroxylation is 1. The number of pyridine rings is 1. The van der Waals surface area contributed by atoms with Crippen LogP contribution in [0.2, 0.25) is 0 Å². The number of piperidine rings is 1. The topological polar surface area (TPSA) is 123 Å². The Bertz CT molecular complexity index is 1530. The van der Waals surface area contributed by atoms with Gasteiger partial charge < -0.3 is 14.8 Å². The number of carbonyl (C=O) groups excluding carboxylic acids is 2. The number of likely N-dealkylation sites (tertiary alicyclic amines) is 1. The van der Waals surface area contributed by atoms with E-state index in [1.54, 1.807) is 24.7 Å². The lowest BCUT2D eigenvalue weighted by Crippen LogP contribution is -2.38. The van der Waals surface area contributed by atoms with Gasteiger partial charge >= 0.3 is 0 Å². The number of anilines is 1. The van der Waals surface area contributed by atoms with Crippen LogP contribution in [0.5, 0.6) is 0 Å². The third kappa shape index (κ3) is 5.52. The fourth-order valence-corrected chi connectivity index (χ4v) is 4.72. The zero-order valence-electron chi connectivity index (χ0n) is 21.1. The molecule has 11 heteroatoms. The van der Waals surface area contributed by atoms with Gasteiger partial charge in [-0.25, -0.2) is 9.37 Å². The number of imidazole rings is 1. The summed E-state index contributed by atoms with van der Waals surface area (Å²) in [4.78, 5) is 46.6. The van der Waals surface area contributed by atoms with Crippen molar-refractivity contribution in [2.75, 3.05) is 18.4 Å². The van der Waals surface area contributed by atoms with Gasteiger partial charge in [-0.1, -0.05) is 0 Å². The van der Waals surface area contributed by atoms with Crippen LogP contribution in [0.25, 0.3) is 5.69 Å². The maximum Gasteiger partial charge on any atom is 0.272 e. The molecule has 0 bridgehead atoms. The molecule has 10 nitrogen and oxygen atoms in total. The average molecular weight is 529 g/mol. The lowest BCUT2D eigenvalue weighted by molar-refractivity contribution is -0.385. The molecule has 2 amide bonds. The fraction of sp³-hybridized carbons (Fsp3) is 0.214. The second kappa shape index (κ2) is 10.8. The number of hydrogen-bond donors (Lipinski definition) is 1. The molecular formula is C28H25FN6O4. The average Bonchev–Trinajstić information content (AvgIpc) is 3.48. The summed E-state index contributed by atoms with van der Waals surface area (Å²) in [6.07, 6.45) is 6.29. The van der Waals surface area contributed by atoms with Gasteiger partial charge in [0.05, 0.1) is 34.1 Å². The Morgan fingerprint density at radius 2 is 1.77 bits per heavy atom. The van der Waals surface area contributed by atoms with Crippen LogP contribution < -0.4 is 5.32 Å². The smallest absolute Gasteiger partial charge is 0.272 e. The second-order valence-electron chi connectivity index (χ2n) is 9.34.